The highest BCUT2D eigenvalue weighted by molar-refractivity contribution is 5.87. The molecule has 14 heavy (non-hydrogen) atoms. The van der Waals surface area contributed by atoms with Gasteiger partial charge in [-0.2, -0.15) is 13.2 Å². The van der Waals surface area contributed by atoms with E-state index in [1.165, 1.54) is 0 Å². The molecule has 1 N–H and O–H groups in total. The number of hydrogen-bond donors (Lipinski definition) is 1. The Labute approximate surface area is 78.0 Å². The second kappa shape index (κ2) is 3.69. The smallest absolute Gasteiger partial charge is 0.396 e. The molecule has 0 unspecified atom stereocenters. The van der Waals surface area contributed by atoms with Gasteiger partial charge in [-0.3, -0.25) is 0 Å². The minimum absolute atomic E-state index is 0.0377. The van der Waals surface area contributed by atoms with Gasteiger partial charge in [0.15, 0.2) is 0 Å². The number of carboxylic acids is 1. The number of benzene rings is 1. The molecular formula is C9H6F3O2. The normalized spacial score (nSPS) is 11.4. The van der Waals surface area contributed by atoms with Crippen LogP contribution in [0.1, 0.15) is 15.9 Å². The molecule has 0 amide bonds. The van der Waals surface area contributed by atoms with E-state index in [1.54, 1.807) is 0 Å². The molecule has 75 valence electrons. The Balaban J connectivity index is 2.79. The Bertz CT molecular complexity index is 327. The first-order valence-corrected chi connectivity index (χ1v) is 3.64. The maximum absolute atomic E-state index is 11.8. The minimum atomic E-state index is -4.38. The summed E-state index contributed by atoms with van der Waals surface area (Å²) in [4.78, 5) is 10.4. The summed E-state index contributed by atoms with van der Waals surface area (Å²) in [6.07, 6.45) is -4.27. The van der Waals surface area contributed by atoms with E-state index in [4.69, 9.17) is 5.11 Å². The molecule has 5 heteroatoms. The standard InChI is InChI=1S/C9H6F3O2/c10-9(11,12)5-6-1-3-7(4-2-6)8(13)14/h1-5H,(H,13,14). The van der Waals surface area contributed by atoms with Crippen LogP contribution in [0.4, 0.5) is 13.2 Å². The van der Waals surface area contributed by atoms with Crippen LogP contribution in [0.25, 0.3) is 0 Å². The van der Waals surface area contributed by atoms with Crippen molar-refractivity contribution in [2.45, 2.75) is 6.18 Å². The summed E-state index contributed by atoms with van der Waals surface area (Å²) in [5.41, 5.74) is -0.105. The lowest BCUT2D eigenvalue weighted by Gasteiger charge is -2.05. The minimum Gasteiger partial charge on any atom is -0.478 e. The third-order valence-electron chi connectivity index (χ3n) is 1.49. The maximum Gasteiger partial charge on any atom is 0.396 e. The molecule has 0 aliphatic rings. The molecule has 2 nitrogen and oxygen atoms in total. The van der Waals surface area contributed by atoms with Gasteiger partial charge in [-0.25, -0.2) is 4.79 Å². The van der Waals surface area contributed by atoms with Crippen LogP contribution in [-0.2, 0) is 0 Å². The largest absolute Gasteiger partial charge is 0.478 e. The second-order valence-electron chi connectivity index (χ2n) is 2.61. The first-order chi connectivity index (χ1) is 6.38. The van der Waals surface area contributed by atoms with Gasteiger partial charge in [0.25, 0.3) is 0 Å². The van der Waals surface area contributed by atoms with E-state index < -0.39 is 12.1 Å². The van der Waals surface area contributed by atoms with Crippen LogP contribution in [0.5, 0.6) is 0 Å². The molecule has 0 aliphatic carbocycles. The molecule has 0 saturated carbocycles. The Morgan fingerprint density at radius 1 is 1.21 bits per heavy atom. The summed E-state index contributed by atoms with van der Waals surface area (Å²) < 4.78 is 35.5. The summed E-state index contributed by atoms with van der Waals surface area (Å²) in [5.74, 6) is -1.16. The molecule has 0 aliphatic heterocycles. The Morgan fingerprint density at radius 3 is 2.07 bits per heavy atom. The van der Waals surface area contributed by atoms with Crippen LogP contribution < -0.4 is 0 Å². The fraction of sp³-hybridized carbons (Fsp3) is 0.111. The molecule has 0 heterocycles. The maximum atomic E-state index is 11.8. The molecule has 1 radical (unpaired) electrons. The van der Waals surface area contributed by atoms with Crippen molar-refractivity contribution in [3.05, 3.63) is 41.8 Å². The van der Waals surface area contributed by atoms with E-state index in [-0.39, 0.29) is 17.5 Å². The van der Waals surface area contributed by atoms with Gasteiger partial charge in [-0.15, -0.1) is 0 Å². The average molecular weight is 203 g/mol. The van der Waals surface area contributed by atoms with Crippen LogP contribution in [-0.4, -0.2) is 17.3 Å². The fourth-order valence-corrected chi connectivity index (χ4v) is 0.911. The summed E-state index contributed by atoms with van der Waals surface area (Å²) >= 11 is 0. The van der Waals surface area contributed by atoms with E-state index in [0.29, 0.717) is 0 Å². The van der Waals surface area contributed by atoms with Gasteiger partial charge in [0.1, 0.15) is 0 Å². The highest BCUT2D eigenvalue weighted by Gasteiger charge is 2.28. The number of carbonyl (C=O) groups is 1. The number of rotatable bonds is 2. The highest BCUT2D eigenvalue weighted by atomic mass is 19.4. The summed E-state index contributed by atoms with van der Waals surface area (Å²) in [7, 11) is 0. The third-order valence-corrected chi connectivity index (χ3v) is 1.49. The lowest BCUT2D eigenvalue weighted by molar-refractivity contribution is -0.0927. The first kappa shape index (κ1) is 10.6. The number of carboxylic acid groups (broad SMARTS) is 1. The molecule has 0 bridgehead atoms. The third kappa shape index (κ3) is 3.08. The van der Waals surface area contributed by atoms with Crippen molar-refractivity contribution in [2.75, 3.05) is 0 Å². The summed E-state index contributed by atoms with van der Waals surface area (Å²) in [6.45, 7) is 0. The van der Waals surface area contributed by atoms with Crippen molar-refractivity contribution in [2.24, 2.45) is 0 Å². The zero-order valence-electron chi connectivity index (χ0n) is 6.88. The number of alkyl halides is 3. The molecule has 0 atom stereocenters. The average Bonchev–Trinajstić information content (AvgIpc) is 2.02. The van der Waals surface area contributed by atoms with Gasteiger partial charge in [0.05, 0.1) is 12.0 Å². The van der Waals surface area contributed by atoms with Crippen LogP contribution in [0.2, 0.25) is 0 Å². The topological polar surface area (TPSA) is 37.3 Å². The molecule has 1 aromatic rings. The van der Waals surface area contributed by atoms with Crippen LogP contribution in [0, 0.1) is 6.42 Å². The predicted molar refractivity (Wildman–Crippen MR) is 42.9 cm³/mol. The summed E-state index contributed by atoms with van der Waals surface area (Å²) in [5, 5.41) is 8.48. The van der Waals surface area contributed by atoms with Crippen molar-refractivity contribution in [1.29, 1.82) is 0 Å². The summed E-state index contributed by atoms with van der Waals surface area (Å²) in [6, 6.07) is 4.47. The zero-order chi connectivity index (χ0) is 10.8. The van der Waals surface area contributed by atoms with E-state index in [9.17, 15) is 18.0 Å². The zero-order valence-corrected chi connectivity index (χ0v) is 6.88. The van der Waals surface area contributed by atoms with Gasteiger partial charge in [0, 0.05) is 0 Å². The Hall–Kier alpha value is -1.52. The van der Waals surface area contributed by atoms with Crippen molar-refractivity contribution in [3.8, 4) is 0 Å². The van der Waals surface area contributed by atoms with Gasteiger partial charge in [0.2, 0.25) is 0 Å². The molecule has 0 aromatic heterocycles. The Kier molecular flexibility index (Phi) is 2.78. The van der Waals surface area contributed by atoms with Crippen molar-refractivity contribution in [3.63, 3.8) is 0 Å². The predicted octanol–water partition coefficient (Wildman–Crippen LogP) is 2.50. The van der Waals surface area contributed by atoms with Crippen LogP contribution >= 0.6 is 0 Å². The monoisotopic (exact) mass is 203 g/mol. The van der Waals surface area contributed by atoms with Crippen molar-refractivity contribution < 1.29 is 23.1 Å². The van der Waals surface area contributed by atoms with Crippen molar-refractivity contribution >= 4 is 5.97 Å². The van der Waals surface area contributed by atoms with Gasteiger partial charge < -0.3 is 5.11 Å². The van der Waals surface area contributed by atoms with Gasteiger partial charge in [-0.05, 0) is 17.7 Å². The molecule has 1 aromatic carbocycles. The van der Waals surface area contributed by atoms with Gasteiger partial charge >= 0.3 is 12.1 Å². The molecule has 0 saturated heterocycles. The van der Waals surface area contributed by atoms with E-state index in [2.05, 4.69) is 0 Å². The number of halogens is 3. The number of aromatic carboxylic acids is 1. The molecule has 0 spiro atoms. The van der Waals surface area contributed by atoms with Crippen LogP contribution in [0.15, 0.2) is 24.3 Å². The van der Waals surface area contributed by atoms with E-state index >= 15 is 0 Å². The van der Waals surface area contributed by atoms with E-state index in [0.717, 1.165) is 24.3 Å². The molecular weight excluding hydrogens is 197 g/mol. The van der Waals surface area contributed by atoms with E-state index in [1.807, 2.05) is 0 Å². The Morgan fingerprint density at radius 2 is 1.71 bits per heavy atom. The quantitative estimate of drug-likeness (QED) is 0.801. The lowest BCUT2D eigenvalue weighted by Crippen LogP contribution is -2.08. The first-order valence-electron chi connectivity index (χ1n) is 3.64. The SMILES string of the molecule is O=C(O)c1ccc([CH]C(F)(F)F)cc1. The molecule has 1 rings (SSSR count). The van der Waals surface area contributed by atoms with Crippen molar-refractivity contribution in [1.82, 2.24) is 0 Å². The highest BCUT2D eigenvalue weighted by Crippen LogP contribution is 2.23. The second-order valence-corrected chi connectivity index (χ2v) is 2.61. The lowest BCUT2D eigenvalue weighted by atomic mass is 10.1. The molecule has 0 fully saturated rings. The van der Waals surface area contributed by atoms with Crippen LogP contribution in [0.3, 0.4) is 0 Å². The van der Waals surface area contributed by atoms with Gasteiger partial charge in [-0.1, -0.05) is 12.1 Å². The number of hydrogen-bond acceptors (Lipinski definition) is 1. The fourth-order valence-electron chi connectivity index (χ4n) is 0.911.